The minimum atomic E-state index is 1.24. The standard InChI is InChI=1S/C63H130N4/c1-5-8-11-14-17-20-23-26-29-32-35-38-41-44-47-50-53-64(4)56-57-66-60-62-67(63-61-66)59-58-65(54-51-48-45-42-39-36-33-30-27-24-21-18-15-12-9-6-2)55-52-49-46-43-40-37-34-31-28-25-22-19-16-13-10-7-3/h5-63H2,1-4H3. The fourth-order valence-electron chi connectivity index (χ4n) is 11.0. The minimum Gasteiger partial charge on any atom is -0.305 e. The van der Waals surface area contributed by atoms with Crippen molar-refractivity contribution in [3.05, 3.63) is 0 Å². The molecule has 1 aliphatic rings. The lowest BCUT2D eigenvalue weighted by Crippen LogP contribution is -2.50. The monoisotopic (exact) mass is 943 g/mol. The summed E-state index contributed by atoms with van der Waals surface area (Å²) in [5.41, 5.74) is 0. The highest BCUT2D eigenvalue weighted by Crippen LogP contribution is 2.18. The van der Waals surface area contributed by atoms with Crippen LogP contribution in [-0.4, -0.2) is 98.6 Å². The van der Waals surface area contributed by atoms with Gasteiger partial charge in [-0.25, -0.2) is 0 Å². The van der Waals surface area contributed by atoms with Crippen LogP contribution >= 0.6 is 0 Å². The number of rotatable bonds is 57. The molecule has 1 fully saturated rings. The van der Waals surface area contributed by atoms with Gasteiger partial charge in [0.2, 0.25) is 0 Å². The van der Waals surface area contributed by atoms with Gasteiger partial charge in [-0.15, -0.1) is 0 Å². The van der Waals surface area contributed by atoms with Gasteiger partial charge >= 0.3 is 0 Å². The van der Waals surface area contributed by atoms with Crippen molar-refractivity contribution >= 4 is 0 Å². The average Bonchev–Trinajstić information content (AvgIpc) is 3.34. The second-order valence-corrected chi connectivity index (χ2v) is 22.7. The number of hydrogen-bond donors (Lipinski definition) is 0. The van der Waals surface area contributed by atoms with E-state index in [-0.39, 0.29) is 0 Å². The maximum Gasteiger partial charge on any atom is 0.0110 e. The Morgan fingerprint density at radius 3 is 0.657 bits per heavy atom. The van der Waals surface area contributed by atoms with Crippen LogP contribution in [-0.2, 0) is 0 Å². The van der Waals surface area contributed by atoms with Gasteiger partial charge in [0.05, 0.1) is 0 Å². The second kappa shape index (κ2) is 55.2. The highest BCUT2D eigenvalue weighted by Gasteiger charge is 2.18. The summed E-state index contributed by atoms with van der Waals surface area (Å²) >= 11 is 0. The van der Waals surface area contributed by atoms with Crippen LogP contribution in [0.4, 0.5) is 0 Å². The lowest BCUT2D eigenvalue weighted by Gasteiger charge is -2.36. The molecule has 0 bridgehead atoms. The smallest absolute Gasteiger partial charge is 0.0110 e. The van der Waals surface area contributed by atoms with E-state index in [9.17, 15) is 0 Å². The van der Waals surface area contributed by atoms with E-state index in [1.807, 2.05) is 0 Å². The van der Waals surface area contributed by atoms with Crippen molar-refractivity contribution in [2.75, 3.05) is 79.0 Å². The molecule has 0 aliphatic carbocycles. The molecule has 0 aromatic heterocycles. The zero-order chi connectivity index (χ0) is 48.0. The van der Waals surface area contributed by atoms with Gasteiger partial charge in [-0.2, -0.15) is 0 Å². The number of hydrogen-bond acceptors (Lipinski definition) is 4. The van der Waals surface area contributed by atoms with Crippen LogP contribution in [0.2, 0.25) is 0 Å². The summed E-state index contributed by atoms with van der Waals surface area (Å²) in [6.07, 6.45) is 70.0. The fourth-order valence-corrected chi connectivity index (χ4v) is 11.0. The zero-order valence-corrected chi connectivity index (χ0v) is 47.5. The molecule has 402 valence electrons. The van der Waals surface area contributed by atoms with Crippen LogP contribution in [0.1, 0.15) is 329 Å². The van der Waals surface area contributed by atoms with E-state index in [4.69, 9.17) is 0 Å². The minimum absolute atomic E-state index is 1.24. The Morgan fingerprint density at radius 1 is 0.224 bits per heavy atom. The maximum absolute atomic E-state index is 2.88. The lowest BCUT2D eigenvalue weighted by molar-refractivity contribution is 0.110. The Morgan fingerprint density at radius 2 is 0.418 bits per heavy atom. The van der Waals surface area contributed by atoms with Crippen LogP contribution < -0.4 is 0 Å². The molecule has 4 heteroatoms. The first-order valence-corrected chi connectivity index (χ1v) is 32.0. The highest BCUT2D eigenvalue weighted by atomic mass is 15.3. The number of nitrogens with zero attached hydrogens (tertiary/aromatic N) is 4. The molecule has 1 aliphatic heterocycles. The molecule has 1 rings (SSSR count). The fraction of sp³-hybridized carbons (Fsp3) is 1.00. The maximum atomic E-state index is 2.88. The molecule has 67 heavy (non-hydrogen) atoms. The third-order valence-electron chi connectivity index (χ3n) is 16.0. The second-order valence-electron chi connectivity index (χ2n) is 22.7. The predicted molar refractivity (Wildman–Crippen MR) is 305 cm³/mol. The van der Waals surface area contributed by atoms with Crippen molar-refractivity contribution in [1.82, 2.24) is 19.6 Å². The summed E-state index contributed by atoms with van der Waals surface area (Å²) in [4.78, 5) is 11.1. The van der Waals surface area contributed by atoms with Crippen LogP contribution in [0.15, 0.2) is 0 Å². The summed E-state index contributed by atoms with van der Waals surface area (Å²) < 4.78 is 0. The van der Waals surface area contributed by atoms with Crippen molar-refractivity contribution in [2.24, 2.45) is 0 Å². The van der Waals surface area contributed by atoms with E-state index < -0.39 is 0 Å². The molecule has 1 saturated heterocycles. The van der Waals surface area contributed by atoms with E-state index in [0.717, 1.165) is 0 Å². The lowest BCUT2D eigenvalue weighted by atomic mass is 10.0. The van der Waals surface area contributed by atoms with Crippen molar-refractivity contribution in [3.8, 4) is 0 Å². The van der Waals surface area contributed by atoms with Crippen LogP contribution in [0.3, 0.4) is 0 Å². The topological polar surface area (TPSA) is 13.0 Å². The van der Waals surface area contributed by atoms with Gasteiger partial charge in [-0.1, -0.05) is 310 Å². The first-order chi connectivity index (χ1) is 33.2. The van der Waals surface area contributed by atoms with Gasteiger partial charge in [0.1, 0.15) is 0 Å². The Bertz CT molecular complexity index is 851. The van der Waals surface area contributed by atoms with E-state index in [1.54, 1.807) is 0 Å². The third kappa shape index (κ3) is 49.2. The van der Waals surface area contributed by atoms with Crippen LogP contribution in [0.25, 0.3) is 0 Å². The number of unbranched alkanes of at least 4 members (excludes halogenated alkanes) is 45. The van der Waals surface area contributed by atoms with E-state index >= 15 is 0 Å². The summed E-state index contributed by atoms with van der Waals surface area (Å²) in [5.74, 6) is 0. The molecule has 0 N–H and O–H groups in total. The number of likely N-dealkylation sites (N-methyl/N-ethyl adjacent to an activating group) is 1. The molecule has 0 unspecified atom stereocenters. The van der Waals surface area contributed by atoms with Gasteiger partial charge in [0.25, 0.3) is 0 Å². The van der Waals surface area contributed by atoms with Gasteiger partial charge < -0.3 is 9.80 Å². The summed E-state index contributed by atoms with van der Waals surface area (Å²) in [7, 11) is 2.37. The molecule has 0 amide bonds. The summed E-state index contributed by atoms with van der Waals surface area (Å²) in [6.45, 7) is 21.1. The Kier molecular flexibility index (Phi) is 53.4. The molecule has 0 radical (unpaired) electrons. The van der Waals surface area contributed by atoms with Gasteiger partial charge in [-0.05, 0) is 45.9 Å². The molecular formula is C63H130N4. The third-order valence-corrected chi connectivity index (χ3v) is 16.0. The molecule has 1 heterocycles. The van der Waals surface area contributed by atoms with E-state index in [2.05, 4.69) is 47.4 Å². The number of piperazine rings is 1. The van der Waals surface area contributed by atoms with Crippen molar-refractivity contribution in [3.63, 3.8) is 0 Å². The molecule has 0 saturated carbocycles. The quantitative estimate of drug-likeness (QED) is 0.0563. The average molecular weight is 944 g/mol. The molecule has 0 aromatic rings. The van der Waals surface area contributed by atoms with Crippen molar-refractivity contribution < 1.29 is 0 Å². The SMILES string of the molecule is CCCCCCCCCCCCCCCCCCN(C)CCN1CCN(CCN(CCCCCCCCCCCCCCCCCC)CCCCCCCCCCCCCCCCCC)CC1. The van der Waals surface area contributed by atoms with Gasteiger partial charge in [0, 0.05) is 52.4 Å². The largest absolute Gasteiger partial charge is 0.305 e. The normalized spacial score (nSPS) is 13.9. The van der Waals surface area contributed by atoms with E-state index in [1.165, 1.54) is 380 Å². The van der Waals surface area contributed by atoms with Crippen molar-refractivity contribution in [2.45, 2.75) is 329 Å². The molecule has 0 atom stereocenters. The first-order valence-electron chi connectivity index (χ1n) is 32.0. The van der Waals surface area contributed by atoms with E-state index in [0.29, 0.717) is 0 Å². The Balaban J connectivity index is 2.17. The highest BCUT2D eigenvalue weighted by molar-refractivity contribution is 4.74. The van der Waals surface area contributed by atoms with Crippen LogP contribution in [0, 0.1) is 0 Å². The first kappa shape index (κ1) is 64.9. The van der Waals surface area contributed by atoms with Gasteiger partial charge in [0.15, 0.2) is 0 Å². The molecular weight excluding hydrogens is 813 g/mol. The predicted octanol–water partition coefficient (Wildman–Crippen LogP) is 19.6. The van der Waals surface area contributed by atoms with Crippen molar-refractivity contribution in [1.29, 1.82) is 0 Å². The zero-order valence-electron chi connectivity index (χ0n) is 47.5. The summed E-state index contributed by atoms with van der Waals surface area (Å²) in [5, 5.41) is 0. The Labute approximate surface area is 425 Å². The molecule has 0 aromatic carbocycles. The Hall–Kier alpha value is -0.160. The molecule has 4 nitrogen and oxygen atoms in total. The van der Waals surface area contributed by atoms with Gasteiger partial charge in [-0.3, -0.25) is 9.80 Å². The summed E-state index contributed by atoms with van der Waals surface area (Å²) in [6, 6.07) is 0. The van der Waals surface area contributed by atoms with Crippen LogP contribution in [0.5, 0.6) is 0 Å². The molecule has 0 spiro atoms.